The number of hydrogen-bond donors (Lipinski definition) is 1. The van der Waals surface area contributed by atoms with E-state index in [2.05, 4.69) is 59.5 Å². The minimum atomic E-state index is -0.0934. The predicted octanol–water partition coefficient (Wildman–Crippen LogP) is 3.65. The molecule has 6 nitrogen and oxygen atoms in total. The van der Waals surface area contributed by atoms with Gasteiger partial charge in [-0.25, -0.2) is 4.68 Å². The minimum absolute atomic E-state index is 0.0934. The number of hydrogen-bond acceptors (Lipinski definition) is 4. The lowest BCUT2D eigenvalue weighted by molar-refractivity contribution is 0.0917. The van der Waals surface area contributed by atoms with Crippen molar-refractivity contribution in [3.8, 4) is 5.69 Å². The highest BCUT2D eigenvalue weighted by Gasteiger charge is 2.26. The summed E-state index contributed by atoms with van der Waals surface area (Å²) in [7, 11) is 0. The summed E-state index contributed by atoms with van der Waals surface area (Å²) in [6, 6.07) is 7.18. The molecule has 1 saturated carbocycles. The summed E-state index contributed by atoms with van der Waals surface area (Å²) in [6.07, 6.45) is 5.46. The maximum absolute atomic E-state index is 12.8. The average molecular weight is 396 g/mol. The van der Waals surface area contributed by atoms with E-state index in [0.717, 1.165) is 49.7 Å². The van der Waals surface area contributed by atoms with E-state index in [-0.39, 0.29) is 11.9 Å². The molecule has 1 aromatic heterocycles. The lowest BCUT2D eigenvalue weighted by atomic mass is 9.87. The number of rotatable bonds is 4. The first-order chi connectivity index (χ1) is 13.9. The number of nitrogens with zero attached hydrogens (tertiary/aromatic N) is 4. The van der Waals surface area contributed by atoms with Gasteiger partial charge in [0.05, 0.1) is 11.4 Å². The van der Waals surface area contributed by atoms with Gasteiger partial charge in [-0.3, -0.25) is 9.69 Å². The summed E-state index contributed by atoms with van der Waals surface area (Å²) >= 11 is 0. The molecule has 1 amide bonds. The second-order valence-electron chi connectivity index (χ2n) is 9.09. The Kier molecular flexibility index (Phi) is 5.72. The van der Waals surface area contributed by atoms with Gasteiger partial charge < -0.3 is 5.32 Å². The third-order valence-corrected chi connectivity index (χ3v) is 6.69. The van der Waals surface area contributed by atoms with Crippen LogP contribution in [-0.2, 0) is 13.0 Å². The summed E-state index contributed by atoms with van der Waals surface area (Å²) in [6.45, 7) is 10.7. The average Bonchev–Trinajstić information content (AvgIpc) is 3.10. The van der Waals surface area contributed by atoms with Crippen LogP contribution in [0, 0.1) is 12.8 Å². The van der Waals surface area contributed by atoms with Crippen molar-refractivity contribution >= 4 is 5.91 Å². The lowest BCUT2D eigenvalue weighted by Crippen LogP contribution is -2.37. The van der Waals surface area contributed by atoms with Gasteiger partial charge in [0.15, 0.2) is 5.69 Å². The Hall–Kier alpha value is -2.21. The molecule has 1 N–H and O–H groups in total. The van der Waals surface area contributed by atoms with Crippen molar-refractivity contribution in [2.24, 2.45) is 5.92 Å². The Labute approximate surface area is 173 Å². The molecule has 1 aromatic carbocycles. The van der Waals surface area contributed by atoms with Crippen LogP contribution in [0.2, 0.25) is 0 Å². The van der Waals surface area contributed by atoms with Crippen LogP contribution in [-0.4, -0.2) is 44.4 Å². The van der Waals surface area contributed by atoms with Crippen LogP contribution in [0.15, 0.2) is 18.2 Å². The first-order valence-electron chi connectivity index (χ1n) is 11.0. The van der Waals surface area contributed by atoms with Crippen molar-refractivity contribution in [2.75, 3.05) is 6.54 Å². The highest BCUT2D eigenvalue weighted by atomic mass is 16.2. The number of carbonyl (C=O) groups excluding carboxylic acids is 1. The normalized spacial score (nSPS) is 22.5. The van der Waals surface area contributed by atoms with Gasteiger partial charge in [0.1, 0.15) is 0 Å². The summed E-state index contributed by atoms with van der Waals surface area (Å²) in [5.41, 5.74) is 4.99. The third-order valence-electron chi connectivity index (χ3n) is 6.69. The highest BCUT2D eigenvalue weighted by Crippen LogP contribution is 2.27. The summed E-state index contributed by atoms with van der Waals surface area (Å²) in [4.78, 5) is 15.3. The zero-order valence-corrected chi connectivity index (χ0v) is 18.1. The van der Waals surface area contributed by atoms with E-state index in [1.54, 1.807) is 0 Å². The molecule has 0 bridgehead atoms. The SMILES string of the molecule is Cc1c(C(=O)NC2CCC(C)CC2)nnn1-c1cccc2c1CCN(C(C)C)C2. The fourth-order valence-corrected chi connectivity index (χ4v) is 4.68. The van der Waals surface area contributed by atoms with Crippen molar-refractivity contribution in [3.05, 3.63) is 40.7 Å². The van der Waals surface area contributed by atoms with E-state index in [1.165, 1.54) is 24.0 Å². The molecule has 6 heteroatoms. The molecule has 2 heterocycles. The van der Waals surface area contributed by atoms with E-state index < -0.39 is 0 Å². The first-order valence-corrected chi connectivity index (χ1v) is 11.0. The fourth-order valence-electron chi connectivity index (χ4n) is 4.68. The van der Waals surface area contributed by atoms with Crippen molar-refractivity contribution in [1.82, 2.24) is 25.2 Å². The van der Waals surface area contributed by atoms with Crippen LogP contribution >= 0.6 is 0 Å². The molecular formula is C23H33N5O. The number of benzene rings is 1. The predicted molar refractivity (Wildman–Crippen MR) is 114 cm³/mol. The van der Waals surface area contributed by atoms with Crippen LogP contribution in [0.25, 0.3) is 5.69 Å². The van der Waals surface area contributed by atoms with Crippen LogP contribution < -0.4 is 5.32 Å². The van der Waals surface area contributed by atoms with Crippen molar-refractivity contribution in [1.29, 1.82) is 0 Å². The molecule has 29 heavy (non-hydrogen) atoms. The standard InChI is InChI=1S/C23H33N5O/c1-15(2)27-13-12-20-18(14-27)6-5-7-21(20)28-17(4)22(25-26-28)23(29)24-19-10-8-16(3)9-11-19/h5-7,15-16,19H,8-14H2,1-4H3,(H,24,29). The molecule has 2 aliphatic rings. The zero-order valence-electron chi connectivity index (χ0n) is 18.1. The van der Waals surface area contributed by atoms with Crippen molar-refractivity contribution in [3.63, 3.8) is 0 Å². The van der Waals surface area contributed by atoms with Crippen molar-refractivity contribution in [2.45, 2.75) is 78.4 Å². The molecule has 1 aliphatic carbocycles. The monoisotopic (exact) mass is 395 g/mol. The van der Waals surface area contributed by atoms with Gasteiger partial charge in [-0.2, -0.15) is 0 Å². The largest absolute Gasteiger partial charge is 0.348 e. The summed E-state index contributed by atoms with van der Waals surface area (Å²) in [5, 5.41) is 11.8. The first kappa shape index (κ1) is 20.1. The number of nitrogens with one attached hydrogen (secondary N) is 1. The van der Waals surface area contributed by atoms with E-state index in [9.17, 15) is 4.79 Å². The Bertz CT molecular complexity index is 879. The molecular weight excluding hydrogens is 362 g/mol. The van der Waals surface area contributed by atoms with Gasteiger partial charge >= 0.3 is 0 Å². The molecule has 0 atom stereocenters. The molecule has 0 unspecified atom stereocenters. The lowest BCUT2D eigenvalue weighted by Gasteiger charge is -2.32. The smallest absolute Gasteiger partial charge is 0.273 e. The second-order valence-corrected chi connectivity index (χ2v) is 9.09. The minimum Gasteiger partial charge on any atom is -0.348 e. The van der Waals surface area contributed by atoms with E-state index in [4.69, 9.17) is 0 Å². The molecule has 0 saturated heterocycles. The van der Waals surface area contributed by atoms with Crippen LogP contribution in [0.4, 0.5) is 0 Å². The van der Waals surface area contributed by atoms with E-state index in [0.29, 0.717) is 11.7 Å². The van der Waals surface area contributed by atoms with Crippen molar-refractivity contribution < 1.29 is 4.79 Å². The molecule has 1 fully saturated rings. The number of aromatic nitrogens is 3. The Morgan fingerprint density at radius 1 is 1.21 bits per heavy atom. The molecule has 156 valence electrons. The quantitative estimate of drug-likeness (QED) is 0.858. The fraction of sp³-hybridized carbons (Fsp3) is 0.609. The van der Waals surface area contributed by atoms with Gasteiger partial charge in [0, 0.05) is 25.2 Å². The number of fused-ring (bicyclic) bond motifs is 1. The van der Waals surface area contributed by atoms with Gasteiger partial charge in [0.25, 0.3) is 5.91 Å². The van der Waals surface area contributed by atoms with Gasteiger partial charge in [-0.15, -0.1) is 5.10 Å². The van der Waals surface area contributed by atoms with Crippen LogP contribution in [0.5, 0.6) is 0 Å². The Balaban J connectivity index is 1.55. The Morgan fingerprint density at radius 3 is 2.69 bits per heavy atom. The summed E-state index contributed by atoms with van der Waals surface area (Å²) in [5.74, 6) is 0.672. The molecule has 2 aromatic rings. The van der Waals surface area contributed by atoms with E-state index in [1.807, 2.05) is 11.6 Å². The molecule has 1 aliphatic heterocycles. The topological polar surface area (TPSA) is 63.1 Å². The maximum atomic E-state index is 12.8. The van der Waals surface area contributed by atoms with Gasteiger partial charge in [0.2, 0.25) is 0 Å². The molecule has 4 rings (SSSR count). The van der Waals surface area contributed by atoms with Crippen LogP contribution in [0.1, 0.15) is 73.8 Å². The maximum Gasteiger partial charge on any atom is 0.273 e. The summed E-state index contributed by atoms with van der Waals surface area (Å²) < 4.78 is 1.85. The second kappa shape index (κ2) is 8.27. The zero-order chi connectivity index (χ0) is 20.5. The third kappa shape index (κ3) is 4.08. The number of amides is 1. The van der Waals surface area contributed by atoms with Crippen LogP contribution in [0.3, 0.4) is 0 Å². The van der Waals surface area contributed by atoms with Gasteiger partial charge in [-0.05, 0) is 76.0 Å². The van der Waals surface area contributed by atoms with E-state index >= 15 is 0 Å². The highest BCUT2D eigenvalue weighted by molar-refractivity contribution is 5.93. The molecule has 0 spiro atoms. The molecule has 0 radical (unpaired) electrons. The number of carbonyl (C=O) groups is 1. The van der Waals surface area contributed by atoms with Gasteiger partial charge in [-0.1, -0.05) is 24.3 Å². The Morgan fingerprint density at radius 2 is 1.97 bits per heavy atom.